The number of nitrogens with one attached hydrogen (secondary N) is 1. The van der Waals surface area contributed by atoms with Gasteiger partial charge in [-0.25, -0.2) is 4.98 Å². The van der Waals surface area contributed by atoms with Gasteiger partial charge in [0.25, 0.3) is 0 Å². The largest absolute Gasteiger partial charge is 0.340 e. The summed E-state index contributed by atoms with van der Waals surface area (Å²) in [5.41, 5.74) is 6.58. The third kappa shape index (κ3) is 2.37. The lowest BCUT2D eigenvalue weighted by molar-refractivity contribution is 0.208. The van der Waals surface area contributed by atoms with E-state index in [0.29, 0.717) is 5.25 Å². The van der Waals surface area contributed by atoms with Crippen molar-refractivity contribution >= 4 is 11.8 Å². The van der Waals surface area contributed by atoms with Gasteiger partial charge in [0.2, 0.25) is 0 Å². The van der Waals surface area contributed by atoms with Gasteiger partial charge in [-0.05, 0) is 18.3 Å². The molecule has 0 spiro atoms. The molecule has 2 unspecified atom stereocenters. The van der Waals surface area contributed by atoms with Crippen LogP contribution < -0.4 is 5.73 Å². The molecule has 0 aromatic carbocycles. The lowest BCUT2D eigenvalue weighted by Gasteiger charge is -2.41. The average Bonchev–Trinajstić information content (AvgIpc) is 2.65. The van der Waals surface area contributed by atoms with Gasteiger partial charge in [-0.1, -0.05) is 32.0 Å². The SMILES string of the molecule is CC1(C)CCCC(Sc2ncc[nH]2)C1N. The molecule has 3 N–H and O–H groups in total. The van der Waals surface area contributed by atoms with Gasteiger partial charge < -0.3 is 10.7 Å². The number of nitrogens with two attached hydrogens (primary N) is 1. The van der Waals surface area contributed by atoms with Gasteiger partial charge in [-0.2, -0.15) is 0 Å². The van der Waals surface area contributed by atoms with Crippen molar-refractivity contribution in [2.75, 3.05) is 0 Å². The van der Waals surface area contributed by atoms with Gasteiger partial charge >= 0.3 is 0 Å². The van der Waals surface area contributed by atoms with E-state index in [0.717, 1.165) is 5.16 Å². The first-order valence-corrected chi connectivity index (χ1v) is 6.39. The molecule has 1 aliphatic carbocycles. The van der Waals surface area contributed by atoms with Crippen molar-refractivity contribution in [2.24, 2.45) is 11.1 Å². The van der Waals surface area contributed by atoms with E-state index in [1.807, 2.05) is 6.20 Å². The zero-order valence-electron chi connectivity index (χ0n) is 9.36. The Morgan fingerprint density at radius 2 is 2.40 bits per heavy atom. The standard InChI is InChI=1S/C11H19N3S/c1-11(2)5-3-4-8(9(11)12)15-10-13-6-7-14-10/h6-9H,3-5,12H2,1-2H3,(H,13,14). The summed E-state index contributed by atoms with van der Waals surface area (Å²) in [5.74, 6) is 0. The van der Waals surface area contributed by atoms with Crippen molar-refractivity contribution in [1.82, 2.24) is 9.97 Å². The van der Waals surface area contributed by atoms with Crippen LogP contribution in [0.2, 0.25) is 0 Å². The Bertz CT molecular complexity index is 308. The first-order valence-electron chi connectivity index (χ1n) is 5.51. The van der Waals surface area contributed by atoms with Gasteiger partial charge in [0, 0.05) is 23.7 Å². The highest BCUT2D eigenvalue weighted by Gasteiger charge is 2.37. The van der Waals surface area contributed by atoms with Gasteiger partial charge in [-0.3, -0.25) is 0 Å². The van der Waals surface area contributed by atoms with E-state index >= 15 is 0 Å². The molecule has 0 saturated heterocycles. The third-order valence-corrected chi connectivity index (χ3v) is 4.63. The Hall–Kier alpha value is -0.480. The monoisotopic (exact) mass is 225 g/mol. The minimum Gasteiger partial charge on any atom is -0.340 e. The molecule has 4 heteroatoms. The topological polar surface area (TPSA) is 54.7 Å². The fourth-order valence-electron chi connectivity index (χ4n) is 2.20. The molecular formula is C11H19N3S. The maximum Gasteiger partial charge on any atom is 0.165 e. The number of aromatic nitrogens is 2. The van der Waals surface area contributed by atoms with Crippen LogP contribution in [0.25, 0.3) is 0 Å². The summed E-state index contributed by atoms with van der Waals surface area (Å²) in [6.07, 6.45) is 7.38. The first-order chi connectivity index (χ1) is 7.09. The molecule has 1 aliphatic rings. The van der Waals surface area contributed by atoms with Crippen LogP contribution in [0.1, 0.15) is 33.1 Å². The number of nitrogens with zero attached hydrogens (tertiary/aromatic N) is 1. The molecule has 1 aromatic heterocycles. The van der Waals surface area contributed by atoms with Gasteiger partial charge in [0.15, 0.2) is 5.16 Å². The zero-order chi connectivity index (χ0) is 10.9. The fourth-order valence-corrected chi connectivity index (χ4v) is 3.54. The summed E-state index contributed by atoms with van der Waals surface area (Å²) in [6, 6.07) is 0.265. The first kappa shape index (κ1) is 11.0. The zero-order valence-corrected chi connectivity index (χ0v) is 10.2. The van der Waals surface area contributed by atoms with Crippen LogP contribution in [0.15, 0.2) is 17.6 Å². The van der Waals surface area contributed by atoms with E-state index in [4.69, 9.17) is 5.73 Å². The van der Waals surface area contributed by atoms with Crippen molar-refractivity contribution in [3.8, 4) is 0 Å². The second-order valence-corrected chi connectivity index (χ2v) is 6.19. The number of imidazole rings is 1. The Morgan fingerprint density at radius 3 is 3.07 bits per heavy atom. The van der Waals surface area contributed by atoms with E-state index in [2.05, 4.69) is 23.8 Å². The molecule has 15 heavy (non-hydrogen) atoms. The van der Waals surface area contributed by atoms with Crippen LogP contribution >= 0.6 is 11.8 Å². The van der Waals surface area contributed by atoms with Crippen LogP contribution in [-0.4, -0.2) is 21.3 Å². The highest BCUT2D eigenvalue weighted by Crippen LogP contribution is 2.40. The third-order valence-electron chi connectivity index (χ3n) is 3.35. The predicted molar refractivity (Wildman–Crippen MR) is 63.8 cm³/mol. The second kappa shape index (κ2) is 4.18. The number of rotatable bonds is 2. The Labute approximate surface area is 95.2 Å². The molecule has 84 valence electrons. The predicted octanol–water partition coefficient (Wildman–Crippen LogP) is 2.41. The quantitative estimate of drug-likeness (QED) is 0.812. The minimum absolute atomic E-state index is 0.265. The summed E-state index contributed by atoms with van der Waals surface area (Å²) in [6.45, 7) is 4.54. The summed E-state index contributed by atoms with van der Waals surface area (Å²) < 4.78 is 0. The number of hydrogen-bond donors (Lipinski definition) is 2. The normalized spacial score (nSPS) is 30.3. The molecule has 1 aromatic rings. The summed E-state index contributed by atoms with van der Waals surface area (Å²) in [4.78, 5) is 7.37. The molecule has 0 bridgehead atoms. The van der Waals surface area contributed by atoms with Gasteiger partial charge in [0.05, 0.1) is 0 Å². The highest BCUT2D eigenvalue weighted by atomic mass is 32.2. The van der Waals surface area contributed by atoms with Crippen LogP contribution in [0.5, 0.6) is 0 Å². The summed E-state index contributed by atoms with van der Waals surface area (Å²) in [5, 5.41) is 1.49. The molecule has 0 amide bonds. The van der Waals surface area contributed by atoms with Crippen LogP contribution in [-0.2, 0) is 0 Å². The van der Waals surface area contributed by atoms with Crippen LogP contribution in [0, 0.1) is 5.41 Å². The lowest BCUT2D eigenvalue weighted by Crippen LogP contribution is -2.48. The molecule has 2 rings (SSSR count). The van der Waals surface area contributed by atoms with Crippen LogP contribution in [0.4, 0.5) is 0 Å². The van der Waals surface area contributed by atoms with E-state index in [1.165, 1.54) is 19.3 Å². The van der Waals surface area contributed by atoms with Crippen molar-refractivity contribution < 1.29 is 0 Å². The number of H-pyrrole nitrogens is 1. The summed E-state index contributed by atoms with van der Waals surface area (Å²) in [7, 11) is 0. The van der Waals surface area contributed by atoms with Crippen molar-refractivity contribution in [3.63, 3.8) is 0 Å². The Morgan fingerprint density at radius 1 is 1.60 bits per heavy atom. The Kier molecular flexibility index (Phi) is 3.07. The molecule has 1 fully saturated rings. The fraction of sp³-hybridized carbons (Fsp3) is 0.727. The van der Waals surface area contributed by atoms with Gasteiger partial charge in [0.1, 0.15) is 0 Å². The lowest BCUT2D eigenvalue weighted by atomic mass is 9.73. The molecule has 1 heterocycles. The maximum atomic E-state index is 6.31. The van der Waals surface area contributed by atoms with Crippen molar-refractivity contribution in [2.45, 2.75) is 49.6 Å². The van der Waals surface area contributed by atoms with Crippen molar-refractivity contribution in [3.05, 3.63) is 12.4 Å². The van der Waals surface area contributed by atoms with Gasteiger partial charge in [-0.15, -0.1) is 0 Å². The summed E-state index contributed by atoms with van der Waals surface area (Å²) >= 11 is 1.79. The molecule has 1 saturated carbocycles. The Balaban J connectivity index is 2.03. The second-order valence-electron chi connectivity index (χ2n) is 4.96. The van der Waals surface area contributed by atoms with E-state index < -0.39 is 0 Å². The molecule has 2 atom stereocenters. The highest BCUT2D eigenvalue weighted by molar-refractivity contribution is 7.99. The molecule has 3 nitrogen and oxygen atoms in total. The molecular weight excluding hydrogens is 206 g/mol. The smallest absolute Gasteiger partial charge is 0.165 e. The minimum atomic E-state index is 0.265. The van der Waals surface area contributed by atoms with Crippen LogP contribution in [0.3, 0.4) is 0 Å². The van der Waals surface area contributed by atoms with E-state index in [9.17, 15) is 0 Å². The number of hydrogen-bond acceptors (Lipinski definition) is 3. The van der Waals surface area contributed by atoms with Crippen molar-refractivity contribution in [1.29, 1.82) is 0 Å². The maximum absolute atomic E-state index is 6.31. The number of aromatic amines is 1. The van der Waals surface area contributed by atoms with E-state index in [-0.39, 0.29) is 11.5 Å². The van der Waals surface area contributed by atoms with E-state index in [1.54, 1.807) is 18.0 Å². The molecule has 0 radical (unpaired) electrons. The number of thioether (sulfide) groups is 1. The average molecular weight is 225 g/mol. The molecule has 0 aliphatic heterocycles.